The number of hydrogen-bond acceptors (Lipinski definition) is 7. The Labute approximate surface area is 272 Å². The van der Waals surface area contributed by atoms with E-state index in [1.807, 2.05) is 53.5 Å². The number of unbranched alkanes of at least 4 members (excludes halogenated alkanes) is 1. The van der Waals surface area contributed by atoms with Gasteiger partial charge in [-0.15, -0.1) is 0 Å². The van der Waals surface area contributed by atoms with E-state index in [0.29, 0.717) is 30.3 Å². The molecule has 1 spiro atoms. The minimum Gasteiger partial charge on any atom is -0.463 e. The van der Waals surface area contributed by atoms with Gasteiger partial charge in [0, 0.05) is 36.6 Å². The van der Waals surface area contributed by atoms with Crippen LogP contribution in [0.2, 0.25) is 0 Å². The normalized spacial score (nSPS) is 33.6. The van der Waals surface area contributed by atoms with Gasteiger partial charge >= 0.3 is 5.97 Å². The molecular formula is C34H42BrN3O7. The average Bonchev–Trinajstić information content (AvgIpc) is 3.64. The molecule has 3 fully saturated rings. The monoisotopic (exact) mass is 683 g/mol. The Morgan fingerprint density at radius 1 is 1.00 bits per heavy atom. The van der Waals surface area contributed by atoms with Crippen LogP contribution in [0.1, 0.15) is 69.4 Å². The number of carbonyl (C=O) groups is 4. The van der Waals surface area contributed by atoms with E-state index in [1.54, 1.807) is 4.90 Å². The van der Waals surface area contributed by atoms with Crippen molar-refractivity contribution in [2.24, 2.45) is 11.8 Å². The zero-order valence-electron chi connectivity index (χ0n) is 25.4. The van der Waals surface area contributed by atoms with Crippen LogP contribution in [0.4, 0.5) is 0 Å². The molecular weight excluding hydrogens is 642 g/mol. The fourth-order valence-corrected chi connectivity index (χ4v) is 8.56. The van der Waals surface area contributed by atoms with Crippen LogP contribution in [0.3, 0.4) is 0 Å². The number of cyclic esters (lactones) is 1. The van der Waals surface area contributed by atoms with Gasteiger partial charge in [-0.2, -0.15) is 0 Å². The number of carbonyl (C=O) groups excluding carboxylic acids is 4. The molecule has 0 unspecified atom stereocenters. The number of amides is 3. The van der Waals surface area contributed by atoms with E-state index in [9.17, 15) is 24.3 Å². The van der Waals surface area contributed by atoms with Crippen molar-refractivity contribution >= 4 is 39.6 Å². The minimum atomic E-state index is -1.31. The fourth-order valence-electron chi connectivity index (χ4n) is 7.83. The van der Waals surface area contributed by atoms with Crippen molar-refractivity contribution in [3.8, 4) is 0 Å². The highest BCUT2D eigenvalue weighted by Crippen LogP contribution is 2.58. The van der Waals surface area contributed by atoms with Gasteiger partial charge in [-0.25, -0.2) is 0 Å². The molecule has 242 valence electrons. The van der Waals surface area contributed by atoms with Gasteiger partial charge in [0.1, 0.15) is 24.4 Å². The van der Waals surface area contributed by atoms with Crippen molar-refractivity contribution in [3.63, 3.8) is 0 Å². The quantitative estimate of drug-likeness (QED) is 0.267. The number of ether oxygens (including phenoxy) is 2. The number of aliphatic hydroxyl groups is 1. The van der Waals surface area contributed by atoms with Crippen LogP contribution < -0.4 is 5.32 Å². The van der Waals surface area contributed by atoms with Gasteiger partial charge in [-0.1, -0.05) is 77.7 Å². The third-order valence-electron chi connectivity index (χ3n) is 9.98. The van der Waals surface area contributed by atoms with Gasteiger partial charge in [-0.05, 0) is 43.7 Å². The SMILES string of the molecule is O=C1CC/C=C\CN(C2CCCCC2)C(=O)[C@H]2N(CCCCO)C(=O)[C@@H]3[C@@H](C(=O)N[C@@H](c4ccccc4)CO1)[C@@H]1O[C@@]32C=C1Br. The summed E-state index contributed by atoms with van der Waals surface area (Å²) in [6, 6.07) is 7.73. The zero-order chi connectivity index (χ0) is 31.6. The predicted molar refractivity (Wildman–Crippen MR) is 169 cm³/mol. The third-order valence-corrected chi connectivity index (χ3v) is 10.7. The maximum absolute atomic E-state index is 14.8. The van der Waals surface area contributed by atoms with Crippen LogP contribution in [0.25, 0.3) is 0 Å². The second kappa shape index (κ2) is 13.8. The first-order chi connectivity index (χ1) is 21.9. The van der Waals surface area contributed by atoms with Crippen molar-refractivity contribution in [1.29, 1.82) is 0 Å². The van der Waals surface area contributed by atoms with Gasteiger partial charge < -0.3 is 29.7 Å². The standard InChI is InChI=1S/C34H42BrN3O7/c35-24-20-34-28-27(29(24)45-34)31(41)36-25(22-12-4-1-5-13-22)21-44-26(40)16-8-3-9-17-37(23-14-6-2-7-15-23)33(43)30(34)38(32(28)42)18-10-11-19-39/h1,3-5,9,12-13,20,23,25,27-30,39H,2,6-8,10-11,14-19,21H2,(H,36,41)/b9-3-/t25-,27-,28+,29-,30-,34+/m1/s1. The minimum absolute atomic E-state index is 0.0181. The molecule has 0 aromatic heterocycles. The number of fused-ring (bicyclic) bond motifs is 2. The number of halogens is 1. The number of nitrogens with one attached hydrogen (secondary N) is 1. The Morgan fingerprint density at radius 3 is 2.53 bits per heavy atom. The Kier molecular flexibility index (Phi) is 9.77. The highest BCUT2D eigenvalue weighted by atomic mass is 79.9. The molecule has 3 amide bonds. The number of allylic oxidation sites excluding steroid dienone is 1. The Bertz CT molecular complexity index is 1350. The molecule has 0 radical (unpaired) electrons. The summed E-state index contributed by atoms with van der Waals surface area (Å²) in [6.07, 6.45) is 11.5. The molecule has 1 aromatic rings. The lowest BCUT2D eigenvalue weighted by Crippen LogP contribution is -2.58. The molecule has 2 saturated heterocycles. The number of hydrogen-bond donors (Lipinski definition) is 2. The van der Waals surface area contributed by atoms with Crippen LogP contribution in [0, 0.1) is 11.8 Å². The number of rotatable bonds is 6. The fraction of sp³-hybridized carbons (Fsp3) is 0.588. The maximum atomic E-state index is 14.8. The van der Waals surface area contributed by atoms with Crippen molar-refractivity contribution in [1.82, 2.24) is 15.1 Å². The lowest BCUT2D eigenvalue weighted by molar-refractivity contribution is -0.149. The number of esters is 1. The molecule has 11 heteroatoms. The molecule has 1 aliphatic carbocycles. The number of nitrogens with zero attached hydrogens (tertiary/aromatic N) is 2. The molecule has 4 heterocycles. The number of benzene rings is 1. The molecule has 6 rings (SSSR count). The molecule has 10 nitrogen and oxygen atoms in total. The van der Waals surface area contributed by atoms with E-state index in [-0.39, 0.29) is 50.0 Å². The van der Waals surface area contributed by atoms with E-state index < -0.39 is 41.5 Å². The summed E-state index contributed by atoms with van der Waals surface area (Å²) in [7, 11) is 0. The van der Waals surface area contributed by atoms with E-state index in [4.69, 9.17) is 9.47 Å². The first-order valence-corrected chi connectivity index (χ1v) is 17.1. The first kappa shape index (κ1) is 31.9. The summed E-state index contributed by atoms with van der Waals surface area (Å²) < 4.78 is 12.9. The van der Waals surface area contributed by atoms with Crippen molar-refractivity contribution < 1.29 is 33.8 Å². The highest BCUT2D eigenvalue weighted by molar-refractivity contribution is 9.11. The Balaban J connectivity index is 1.41. The van der Waals surface area contributed by atoms with Gasteiger partial charge in [0.25, 0.3) is 0 Å². The average molecular weight is 685 g/mol. The van der Waals surface area contributed by atoms with Gasteiger partial charge in [0.15, 0.2) is 0 Å². The van der Waals surface area contributed by atoms with Crippen molar-refractivity contribution in [2.45, 2.75) is 87.6 Å². The molecule has 1 saturated carbocycles. The molecule has 2 N–H and O–H groups in total. The van der Waals surface area contributed by atoms with Crippen LogP contribution >= 0.6 is 15.9 Å². The summed E-state index contributed by atoms with van der Waals surface area (Å²) in [5, 5.41) is 12.6. The van der Waals surface area contributed by atoms with Crippen LogP contribution in [0.15, 0.2) is 53.0 Å². The second-order valence-corrected chi connectivity index (χ2v) is 13.7. The van der Waals surface area contributed by atoms with Crippen molar-refractivity contribution in [2.75, 3.05) is 26.3 Å². The maximum Gasteiger partial charge on any atom is 0.306 e. The molecule has 5 bridgehead atoms. The van der Waals surface area contributed by atoms with E-state index in [1.165, 1.54) is 0 Å². The van der Waals surface area contributed by atoms with Crippen LogP contribution in [-0.2, 0) is 28.7 Å². The van der Waals surface area contributed by atoms with Gasteiger partial charge in [0.2, 0.25) is 17.7 Å². The summed E-state index contributed by atoms with van der Waals surface area (Å²) >= 11 is 3.63. The van der Waals surface area contributed by atoms with Gasteiger partial charge in [0.05, 0.1) is 17.9 Å². The highest BCUT2D eigenvalue weighted by Gasteiger charge is 2.74. The summed E-state index contributed by atoms with van der Waals surface area (Å²) in [4.78, 5) is 59.6. The third kappa shape index (κ3) is 6.11. The Morgan fingerprint density at radius 2 is 1.78 bits per heavy atom. The lowest BCUT2D eigenvalue weighted by Gasteiger charge is -2.40. The lowest BCUT2D eigenvalue weighted by atomic mass is 9.73. The summed E-state index contributed by atoms with van der Waals surface area (Å²) in [5.74, 6) is -3.03. The molecule has 1 aromatic carbocycles. The zero-order valence-corrected chi connectivity index (χ0v) is 27.0. The second-order valence-electron chi connectivity index (χ2n) is 12.7. The summed E-state index contributed by atoms with van der Waals surface area (Å²) in [6.45, 7) is 0.553. The first-order valence-electron chi connectivity index (χ1n) is 16.3. The van der Waals surface area contributed by atoms with E-state index >= 15 is 0 Å². The molecule has 45 heavy (non-hydrogen) atoms. The number of likely N-dealkylation sites (tertiary alicyclic amines) is 1. The van der Waals surface area contributed by atoms with Gasteiger partial charge in [-0.3, -0.25) is 19.2 Å². The Hall–Kier alpha value is -3.02. The van der Waals surface area contributed by atoms with Crippen LogP contribution in [-0.4, -0.2) is 88.7 Å². The molecule has 4 aliphatic heterocycles. The summed E-state index contributed by atoms with van der Waals surface area (Å²) in [5.41, 5.74) is -0.539. The smallest absolute Gasteiger partial charge is 0.306 e. The molecule has 5 aliphatic rings. The van der Waals surface area contributed by atoms with E-state index in [0.717, 1.165) is 37.7 Å². The topological polar surface area (TPSA) is 125 Å². The van der Waals surface area contributed by atoms with E-state index in [2.05, 4.69) is 21.2 Å². The van der Waals surface area contributed by atoms with Crippen LogP contribution in [0.5, 0.6) is 0 Å². The molecule has 6 atom stereocenters. The number of aliphatic hydroxyl groups excluding tert-OH is 1. The largest absolute Gasteiger partial charge is 0.463 e. The predicted octanol–water partition coefficient (Wildman–Crippen LogP) is 3.54. The van der Waals surface area contributed by atoms with Crippen molar-refractivity contribution in [3.05, 3.63) is 58.6 Å².